The SMILES string of the molecule is CCc1ccc(-n2c(CN3CCN(C(=O)Nc4ccc(OC)cc4)CC3)nc3cccnc32)cc1. The predicted molar refractivity (Wildman–Crippen MR) is 137 cm³/mol. The number of rotatable bonds is 6. The van der Waals surface area contributed by atoms with Gasteiger partial charge in [0, 0.05) is 43.8 Å². The zero-order valence-corrected chi connectivity index (χ0v) is 20.1. The Morgan fingerprint density at radius 2 is 1.74 bits per heavy atom. The molecule has 180 valence electrons. The molecule has 0 bridgehead atoms. The van der Waals surface area contributed by atoms with Crippen molar-refractivity contribution in [2.75, 3.05) is 38.6 Å². The molecule has 1 saturated heterocycles. The number of ether oxygens (including phenoxy) is 1. The molecule has 0 unspecified atom stereocenters. The Labute approximate surface area is 205 Å². The van der Waals surface area contributed by atoms with Gasteiger partial charge >= 0.3 is 6.03 Å². The lowest BCUT2D eigenvalue weighted by molar-refractivity contribution is 0.140. The quantitative estimate of drug-likeness (QED) is 0.454. The number of aryl methyl sites for hydroxylation is 1. The van der Waals surface area contributed by atoms with Crippen molar-refractivity contribution in [3.63, 3.8) is 0 Å². The second-order valence-electron chi connectivity index (χ2n) is 8.65. The van der Waals surface area contributed by atoms with Gasteiger partial charge in [-0.15, -0.1) is 0 Å². The molecule has 8 heteroatoms. The van der Waals surface area contributed by atoms with E-state index in [1.807, 2.05) is 47.5 Å². The van der Waals surface area contributed by atoms with E-state index in [4.69, 9.17) is 9.72 Å². The second-order valence-corrected chi connectivity index (χ2v) is 8.65. The number of urea groups is 1. The summed E-state index contributed by atoms with van der Waals surface area (Å²) in [5.41, 5.74) is 4.88. The van der Waals surface area contributed by atoms with Crippen LogP contribution in [0.4, 0.5) is 10.5 Å². The topological polar surface area (TPSA) is 75.5 Å². The maximum atomic E-state index is 12.7. The first-order valence-corrected chi connectivity index (χ1v) is 12.0. The zero-order valence-electron chi connectivity index (χ0n) is 20.1. The maximum absolute atomic E-state index is 12.7. The normalized spacial score (nSPS) is 14.3. The molecule has 0 atom stereocenters. The van der Waals surface area contributed by atoms with E-state index in [0.29, 0.717) is 19.6 Å². The maximum Gasteiger partial charge on any atom is 0.321 e. The minimum atomic E-state index is -0.0812. The van der Waals surface area contributed by atoms with Crippen LogP contribution in [0.5, 0.6) is 5.75 Å². The average Bonchev–Trinajstić information content (AvgIpc) is 3.27. The molecule has 8 nitrogen and oxygen atoms in total. The minimum absolute atomic E-state index is 0.0812. The third kappa shape index (κ3) is 4.97. The number of piperazine rings is 1. The number of fused-ring (bicyclic) bond motifs is 1. The van der Waals surface area contributed by atoms with Crippen molar-refractivity contribution in [2.45, 2.75) is 19.9 Å². The van der Waals surface area contributed by atoms with E-state index < -0.39 is 0 Å². The van der Waals surface area contributed by atoms with Crippen molar-refractivity contribution in [1.29, 1.82) is 0 Å². The summed E-state index contributed by atoms with van der Waals surface area (Å²) < 4.78 is 7.33. The Morgan fingerprint density at radius 1 is 1.00 bits per heavy atom. The predicted octanol–water partition coefficient (Wildman–Crippen LogP) is 4.34. The molecule has 2 aromatic heterocycles. The Bertz CT molecular complexity index is 1290. The third-order valence-electron chi connectivity index (χ3n) is 6.45. The van der Waals surface area contributed by atoms with Crippen LogP contribution in [0, 0.1) is 0 Å². The number of nitrogens with one attached hydrogen (secondary N) is 1. The first-order chi connectivity index (χ1) is 17.1. The number of pyridine rings is 1. The number of amides is 2. The van der Waals surface area contributed by atoms with Gasteiger partial charge in [0.15, 0.2) is 5.65 Å². The molecule has 0 saturated carbocycles. The van der Waals surface area contributed by atoms with Crippen LogP contribution in [0.3, 0.4) is 0 Å². The smallest absolute Gasteiger partial charge is 0.321 e. The molecule has 1 N–H and O–H groups in total. The van der Waals surface area contributed by atoms with Gasteiger partial charge in [-0.25, -0.2) is 14.8 Å². The number of nitrogens with zero attached hydrogens (tertiary/aromatic N) is 5. The fourth-order valence-electron chi connectivity index (χ4n) is 4.40. The number of imidazole rings is 1. The highest BCUT2D eigenvalue weighted by molar-refractivity contribution is 5.89. The summed E-state index contributed by atoms with van der Waals surface area (Å²) in [6, 6.07) is 19.8. The van der Waals surface area contributed by atoms with Crippen LogP contribution in [0.25, 0.3) is 16.9 Å². The van der Waals surface area contributed by atoms with Crippen LogP contribution >= 0.6 is 0 Å². The van der Waals surface area contributed by atoms with Crippen molar-refractivity contribution in [3.05, 3.63) is 78.2 Å². The standard InChI is InChI=1S/C27H30N6O2/c1-3-20-6-10-22(11-7-20)33-25(30-24-5-4-14-28-26(24)33)19-31-15-17-32(18-16-31)27(34)29-21-8-12-23(35-2)13-9-21/h4-14H,3,15-19H2,1-2H3,(H,29,34). The zero-order chi connectivity index (χ0) is 24.2. The minimum Gasteiger partial charge on any atom is -0.497 e. The lowest BCUT2D eigenvalue weighted by Gasteiger charge is -2.34. The number of methoxy groups -OCH3 is 1. The highest BCUT2D eigenvalue weighted by Gasteiger charge is 2.23. The van der Waals surface area contributed by atoms with Crippen LogP contribution < -0.4 is 10.1 Å². The van der Waals surface area contributed by atoms with Gasteiger partial charge < -0.3 is 15.0 Å². The van der Waals surface area contributed by atoms with Gasteiger partial charge in [-0.1, -0.05) is 19.1 Å². The third-order valence-corrected chi connectivity index (χ3v) is 6.45. The van der Waals surface area contributed by atoms with Crippen molar-refractivity contribution < 1.29 is 9.53 Å². The fraction of sp³-hybridized carbons (Fsp3) is 0.296. The molecule has 3 heterocycles. The van der Waals surface area contributed by atoms with Crippen molar-refractivity contribution in [1.82, 2.24) is 24.3 Å². The van der Waals surface area contributed by atoms with Gasteiger partial charge in [-0.3, -0.25) is 9.47 Å². The molecule has 0 spiro atoms. The van der Waals surface area contributed by atoms with E-state index in [9.17, 15) is 4.79 Å². The van der Waals surface area contributed by atoms with Crippen LogP contribution in [0.15, 0.2) is 66.9 Å². The van der Waals surface area contributed by atoms with Crippen molar-refractivity contribution in [3.8, 4) is 11.4 Å². The number of carbonyl (C=O) groups is 1. The highest BCUT2D eigenvalue weighted by Crippen LogP contribution is 2.22. The molecule has 4 aromatic rings. The van der Waals surface area contributed by atoms with Gasteiger partial charge in [-0.05, 0) is 60.5 Å². The van der Waals surface area contributed by atoms with Crippen molar-refractivity contribution in [2.24, 2.45) is 0 Å². The molecule has 5 rings (SSSR count). The van der Waals surface area contributed by atoms with Crippen LogP contribution in [0.2, 0.25) is 0 Å². The van der Waals surface area contributed by atoms with E-state index in [0.717, 1.165) is 53.6 Å². The molecule has 0 aliphatic carbocycles. The fourth-order valence-corrected chi connectivity index (χ4v) is 4.40. The van der Waals surface area contributed by atoms with E-state index in [-0.39, 0.29) is 6.03 Å². The van der Waals surface area contributed by atoms with Gasteiger partial charge in [0.2, 0.25) is 0 Å². The number of aromatic nitrogens is 3. The number of anilines is 1. The summed E-state index contributed by atoms with van der Waals surface area (Å²) in [5.74, 6) is 1.72. The number of carbonyl (C=O) groups excluding carboxylic acids is 1. The molecule has 35 heavy (non-hydrogen) atoms. The summed E-state index contributed by atoms with van der Waals surface area (Å²) in [5, 5.41) is 2.97. The monoisotopic (exact) mass is 470 g/mol. The Hall–Kier alpha value is -3.91. The van der Waals surface area contributed by atoms with Gasteiger partial charge in [-0.2, -0.15) is 0 Å². The molecular weight excluding hydrogens is 440 g/mol. The van der Waals surface area contributed by atoms with E-state index in [2.05, 4.69) is 51.0 Å². The van der Waals surface area contributed by atoms with Gasteiger partial charge in [0.05, 0.1) is 13.7 Å². The summed E-state index contributed by atoms with van der Waals surface area (Å²) in [4.78, 5) is 26.5. The summed E-state index contributed by atoms with van der Waals surface area (Å²) in [6.45, 7) is 5.73. The molecule has 1 fully saturated rings. The van der Waals surface area contributed by atoms with Crippen LogP contribution in [0.1, 0.15) is 18.3 Å². The van der Waals surface area contributed by atoms with E-state index >= 15 is 0 Å². The van der Waals surface area contributed by atoms with E-state index in [1.54, 1.807) is 7.11 Å². The summed E-state index contributed by atoms with van der Waals surface area (Å²) >= 11 is 0. The largest absolute Gasteiger partial charge is 0.497 e. The first-order valence-electron chi connectivity index (χ1n) is 12.0. The summed E-state index contributed by atoms with van der Waals surface area (Å²) in [7, 11) is 1.63. The molecule has 2 aromatic carbocycles. The van der Waals surface area contributed by atoms with Crippen LogP contribution in [-0.4, -0.2) is 63.7 Å². The molecule has 2 amide bonds. The Balaban J connectivity index is 1.27. The number of hydrogen-bond acceptors (Lipinski definition) is 5. The highest BCUT2D eigenvalue weighted by atomic mass is 16.5. The Kier molecular flexibility index (Phi) is 6.63. The first kappa shape index (κ1) is 22.9. The molecular formula is C27H30N6O2. The average molecular weight is 471 g/mol. The van der Waals surface area contributed by atoms with Gasteiger partial charge in [0.25, 0.3) is 0 Å². The summed E-state index contributed by atoms with van der Waals surface area (Å²) in [6.07, 6.45) is 2.82. The molecule has 0 radical (unpaired) electrons. The molecule has 1 aliphatic rings. The van der Waals surface area contributed by atoms with Crippen LogP contribution in [-0.2, 0) is 13.0 Å². The van der Waals surface area contributed by atoms with Crippen molar-refractivity contribution >= 4 is 22.9 Å². The lowest BCUT2D eigenvalue weighted by Crippen LogP contribution is -2.49. The molecule has 1 aliphatic heterocycles. The lowest BCUT2D eigenvalue weighted by atomic mass is 10.1. The van der Waals surface area contributed by atoms with Gasteiger partial charge in [0.1, 0.15) is 17.1 Å². The Morgan fingerprint density at radius 3 is 2.43 bits per heavy atom. The van der Waals surface area contributed by atoms with E-state index in [1.165, 1.54) is 5.56 Å². The second kappa shape index (κ2) is 10.1. The number of benzene rings is 2. The number of hydrogen-bond donors (Lipinski definition) is 1.